The van der Waals surface area contributed by atoms with Crippen LogP contribution in [0.4, 0.5) is 5.69 Å². The molecule has 0 unspecified atom stereocenters. The molecular weight excluding hydrogens is 400 g/mol. The van der Waals surface area contributed by atoms with Crippen LogP contribution in [0.1, 0.15) is 0 Å². The number of hydrogen-bond donors (Lipinski definition) is 1. The van der Waals surface area contributed by atoms with Crippen molar-refractivity contribution in [1.82, 2.24) is 14.8 Å². The van der Waals surface area contributed by atoms with Crippen molar-refractivity contribution in [2.75, 3.05) is 24.3 Å². The molecule has 0 saturated carbocycles. The Hall–Kier alpha value is -2.71. The number of thioether (sulfide) groups is 1. The summed E-state index contributed by atoms with van der Waals surface area (Å²) >= 11 is 7.25. The van der Waals surface area contributed by atoms with Crippen LogP contribution in [0.5, 0.6) is 11.5 Å². The van der Waals surface area contributed by atoms with E-state index in [-0.39, 0.29) is 11.7 Å². The monoisotopic (exact) mass is 416 g/mol. The molecule has 4 rings (SSSR count). The zero-order valence-corrected chi connectivity index (χ0v) is 16.6. The van der Waals surface area contributed by atoms with Gasteiger partial charge in [-0.3, -0.25) is 4.79 Å². The number of ether oxygens (including phenoxy) is 2. The average molecular weight is 417 g/mol. The minimum Gasteiger partial charge on any atom is -0.486 e. The Bertz CT molecular complexity index is 1010. The lowest BCUT2D eigenvalue weighted by Gasteiger charge is -2.18. The standard InChI is InChI=1S/C19H17ClN4O3S/c1-24-18(12-2-4-13(20)5-3-12)22-23-19(24)28-11-17(25)21-14-6-7-15-16(10-14)27-9-8-26-15/h2-7,10H,8-9,11H2,1H3,(H,21,25). The predicted octanol–water partition coefficient (Wildman–Crippen LogP) is 3.64. The third-order valence-electron chi connectivity index (χ3n) is 4.10. The maximum atomic E-state index is 12.3. The summed E-state index contributed by atoms with van der Waals surface area (Å²) in [4.78, 5) is 12.3. The van der Waals surface area contributed by atoms with Gasteiger partial charge in [0.15, 0.2) is 22.5 Å². The number of fused-ring (bicyclic) bond motifs is 1. The van der Waals surface area contributed by atoms with Crippen molar-refractivity contribution >= 4 is 35.0 Å². The van der Waals surface area contributed by atoms with E-state index < -0.39 is 0 Å². The van der Waals surface area contributed by atoms with E-state index in [2.05, 4.69) is 15.5 Å². The molecule has 0 spiro atoms. The van der Waals surface area contributed by atoms with Crippen molar-refractivity contribution in [3.05, 3.63) is 47.5 Å². The second-order valence-corrected chi connectivity index (χ2v) is 7.45. The summed E-state index contributed by atoms with van der Waals surface area (Å²) in [5.74, 6) is 2.11. The fourth-order valence-electron chi connectivity index (χ4n) is 2.74. The molecule has 0 atom stereocenters. The van der Waals surface area contributed by atoms with Gasteiger partial charge in [0.2, 0.25) is 5.91 Å². The van der Waals surface area contributed by atoms with Gasteiger partial charge in [0.25, 0.3) is 0 Å². The minimum absolute atomic E-state index is 0.141. The maximum absolute atomic E-state index is 12.3. The van der Waals surface area contributed by atoms with E-state index in [0.717, 1.165) is 5.56 Å². The molecule has 2 heterocycles. The first-order valence-electron chi connectivity index (χ1n) is 8.58. The highest BCUT2D eigenvalue weighted by atomic mass is 35.5. The van der Waals surface area contributed by atoms with E-state index in [1.54, 1.807) is 30.3 Å². The van der Waals surface area contributed by atoms with Gasteiger partial charge >= 0.3 is 0 Å². The van der Waals surface area contributed by atoms with Crippen molar-refractivity contribution in [1.29, 1.82) is 0 Å². The smallest absolute Gasteiger partial charge is 0.234 e. The Kier molecular flexibility index (Phi) is 5.40. The maximum Gasteiger partial charge on any atom is 0.234 e. The van der Waals surface area contributed by atoms with E-state index in [1.165, 1.54) is 11.8 Å². The van der Waals surface area contributed by atoms with Gasteiger partial charge < -0.3 is 19.4 Å². The van der Waals surface area contributed by atoms with Gasteiger partial charge in [-0.2, -0.15) is 0 Å². The van der Waals surface area contributed by atoms with Crippen LogP contribution in [0, 0.1) is 0 Å². The zero-order valence-electron chi connectivity index (χ0n) is 15.0. The highest BCUT2D eigenvalue weighted by Crippen LogP contribution is 2.32. The minimum atomic E-state index is -0.141. The SMILES string of the molecule is Cn1c(SCC(=O)Nc2ccc3c(c2)OCCO3)nnc1-c1ccc(Cl)cc1. The first-order chi connectivity index (χ1) is 13.6. The van der Waals surface area contributed by atoms with Crippen LogP contribution >= 0.6 is 23.4 Å². The number of rotatable bonds is 5. The van der Waals surface area contributed by atoms with Crippen molar-refractivity contribution < 1.29 is 14.3 Å². The number of hydrogen-bond acceptors (Lipinski definition) is 6. The number of benzene rings is 2. The summed E-state index contributed by atoms with van der Waals surface area (Å²) in [6.07, 6.45) is 0. The van der Waals surface area contributed by atoms with Gasteiger partial charge in [0.1, 0.15) is 13.2 Å². The largest absolute Gasteiger partial charge is 0.486 e. The van der Waals surface area contributed by atoms with E-state index in [4.69, 9.17) is 21.1 Å². The first-order valence-corrected chi connectivity index (χ1v) is 9.94. The van der Waals surface area contributed by atoms with Crippen LogP contribution in [0.2, 0.25) is 5.02 Å². The number of anilines is 1. The molecule has 0 aliphatic carbocycles. The van der Waals surface area contributed by atoms with E-state index >= 15 is 0 Å². The number of aromatic nitrogens is 3. The van der Waals surface area contributed by atoms with Crippen molar-refractivity contribution in [3.8, 4) is 22.9 Å². The number of halogens is 1. The van der Waals surface area contributed by atoms with Gasteiger partial charge in [-0.1, -0.05) is 23.4 Å². The Balaban J connectivity index is 1.38. The topological polar surface area (TPSA) is 78.3 Å². The van der Waals surface area contributed by atoms with Gasteiger partial charge in [-0.05, 0) is 36.4 Å². The molecule has 0 saturated heterocycles. The fraction of sp³-hybridized carbons (Fsp3) is 0.211. The van der Waals surface area contributed by atoms with Crippen molar-refractivity contribution in [3.63, 3.8) is 0 Å². The number of nitrogens with one attached hydrogen (secondary N) is 1. The quantitative estimate of drug-likeness (QED) is 0.640. The van der Waals surface area contributed by atoms with E-state index in [1.807, 2.05) is 23.7 Å². The molecule has 28 heavy (non-hydrogen) atoms. The molecule has 144 valence electrons. The molecule has 1 aliphatic rings. The molecule has 1 aliphatic heterocycles. The van der Waals surface area contributed by atoms with Gasteiger partial charge in [-0.15, -0.1) is 10.2 Å². The predicted molar refractivity (Wildman–Crippen MR) is 108 cm³/mol. The molecule has 1 N–H and O–H groups in total. The van der Waals surface area contributed by atoms with Crippen molar-refractivity contribution in [2.24, 2.45) is 7.05 Å². The molecule has 0 bridgehead atoms. The number of carbonyl (C=O) groups is 1. The lowest BCUT2D eigenvalue weighted by molar-refractivity contribution is -0.113. The highest BCUT2D eigenvalue weighted by molar-refractivity contribution is 7.99. The molecule has 9 heteroatoms. The summed E-state index contributed by atoms with van der Waals surface area (Å²) in [5.41, 5.74) is 1.57. The molecule has 1 amide bonds. The van der Waals surface area contributed by atoms with Gasteiger partial charge in [-0.25, -0.2) is 0 Å². The Morgan fingerprint density at radius 2 is 1.89 bits per heavy atom. The van der Waals surface area contributed by atoms with E-state index in [9.17, 15) is 4.79 Å². The Morgan fingerprint density at radius 3 is 2.68 bits per heavy atom. The summed E-state index contributed by atoms with van der Waals surface area (Å²) in [7, 11) is 1.87. The van der Waals surface area contributed by atoms with Crippen LogP contribution in [-0.4, -0.2) is 39.6 Å². The van der Waals surface area contributed by atoms with Crippen LogP contribution in [0.3, 0.4) is 0 Å². The first kappa shape index (κ1) is 18.6. The zero-order chi connectivity index (χ0) is 19.5. The third kappa shape index (κ3) is 4.07. The number of nitrogens with zero attached hydrogens (tertiary/aromatic N) is 3. The number of carbonyl (C=O) groups excluding carboxylic acids is 1. The number of amides is 1. The fourth-order valence-corrected chi connectivity index (χ4v) is 3.58. The lowest BCUT2D eigenvalue weighted by Crippen LogP contribution is -2.17. The van der Waals surface area contributed by atoms with E-state index in [0.29, 0.717) is 46.4 Å². The van der Waals surface area contributed by atoms with Crippen LogP contribution < -0.4 is 14.8 Å². The highest BCUT2D eigenvalue weighted by Gasteiger charge is 2.15. The molecule has 3 aromatic rings. The normalized spacial score (nSPS) is 12.6. The Labute approximate surface area is 171 Å². The molecule has 1 aromatic heterocycles. The van der Waals surface area contributed by atoms with Crippen molar-refractivity contribution in [2.45, 2.75) is 5.16 Å². The summed E-state index contributed by atoms with van der Waals surface area (Å²) in [6.45, 7) is 1.04. The Morgan fingerprint density at radius 1 is 1.14 bits per heavy atom. The van der Waals surface area contributed by atoms with Crippen LogP contribution in [-0.2, 0) is 11.8 Å². The summed E-state index contributed by atoms with van der Waals surface area (Å²) in [5, 5.41) is 12.6. The molecule has 0 fully saturated rings. The molecule has 2 aromatic carbocycles. The molecule has 7 nitrogen and oxygen atoms in total. The summed E-state index contributed by atoms with van der Waals surface area (Å²) < 4.78 is 12.9. The molecular formula is C19H17ClN4O3S. The van der Waals surface area contributed by atoms with Crippen LogP contribution in [0.25, 0.3) is 11.4 Å². The lowest BCUT2D eigenvalue weighted by atomic mass is 10.2. The van der Waals surface area contributed by atoms with Gasteiger partial charge in [0, 0.05) is 29.4 Å². The second kappa shape index (κ2) is 8.12. The van der Waals surface area contributed by atoms with Crippen LogP contribution in [0.15, 0.2) is 47.6 Å². The van der Waals surface area contributed by atoms with Gasteiger partial charge in [0.05, 0.1) is 5.75 Å². The third-order valence-corrected chi connectivity index (χ3v) is 5.37. The second-order valence-electron chi connectivity index (χ2n) is 6.07. The molecule has 0 radical (unpaired) electrons. The summed E-state index contributed by atoms with van der Waals surface area (Å²) in [6, 6.07) is 12.7. The average Bonchev–Trinajstić information content (AvgIpc) is 3.07.